The lowest BCUT2D eigenvalue weighted by molar-refractivity contribution is 0.102. The number of rotatable bonds is 9. The second-order valence-electron chi connectivity index (χ2n) is 5.09. The summed E-state index contributed by atoms with van der Waals surface area (Å²) < 4.78 is 5.14. The number of aliphatic hydroxyl groups is 1. The highest BCUT2D eigenvalue weighted by Gasteiger charge is 2.20. The van der Waals surface area contributed by atoms with E-state index in [0.717, 1.165) is 0 Å². The Labute approximate surface area is 150 Å². The zero-order chi connectivity index (χ0) is 18.1. The largest absolute Gasteiger partial charge is 0.395 e. The van der Waals surface area contributed by atoms with Gasteiger partial charge in [-0.15, -0.1) is 0 Å². The Kier molecular flexibility index (Phi) is 7.39. The lowest BCUT2D eigenvalue weighted by Gasteiger charge is -2.05. The van der Waals surface area contributed by atoms with Gasteiger partial charge in [-0.25, -0.2) is 0 Å². The topological polar surface area (TPSA) is 112 Å². The first kappa shape index (κ1) is 18.9. The summed E-state index contributed by atoms with van der Waals surface area (Å²) in [6, 6.07) is 6.79. The maximum absolute atomic E-state index is 12.4. The van der Waals surface area contributed by atoms with Gasteiger partial charge in [0.05, 0.1) is 25.2 Å². The van der Waals surface area contributed by atoms with E-state index >= 15 is 0 Å². The van der Waals surface area contributed by atoms with E-state index in [9.17, 15) is 4.79 Å². The smallest absolute Gasteiger partial charge is 0.263 e. The zero-order valence-corrected chi connectivity index (χ0v) is 14.5. The minimum atomic E-state index is -0.346. The van der Waals surface area contributed by atoms with E-state index in [1.165, 1.54) is 6.34 Å². The molecule has 8 nitrogen and oxygen atoms in total. The molecule has 0 saturated heterocycles. The van der Waals surface area contributed by atoms with Crippen LogP contribution in [0.3, 0.4) is 0 Å². The van der Waals surface area contributed by atoms with Crippen molar-refractivity contribution in [2.24, 2.45) is 4.99 Å². The van der Waals surface area contributed by atoms with Crippen LogP contribution in [0.25, 0.3) is 0 Å². The van der Waals surface area contributed by atoms with Gasteiger partial charge in [-0.05, 0) is 31.2 Å². The van der Waals surface area contributed by atoms with Gasteiger partial charge in [-0.2, -0.15) is 0 Å². The number of hydrogen-bond acceptors (Lipinski definition) is 6. The number of benzene rings is 1. The van der Waals surface area contributed by atoms with Gasteiger partial charge in [0, 0.05) is 23.8 Å². The average molecular weight is 366 g/mol. The maximum Gasteiger partial charge on any atom is 0.263 e. The fourth-order valence-corrected chi connectivity index (χ4v) is 2.10. The van der Waals surface area contributed by atoms with Gasteiger partial charge < -0.3 is 25.6 Å². The zero-order valence-electron chi connectivity index (χ0n) is 13.8. The number of aliphatic hydroxyl groups excluding tert-OH is 1. The van der Waals surface area contributed by atoms with Gasteiger partial charge in [0.1, 0.15) is 5.56 Å². The second kappa shape index (κ2) is 9.77. The Balaban J connectivity index is 1.94. The molecular formula is C16H20ClN5O3. The molecule has 2 aromatic rings. The fraction of sp³-hybridized carbons (Fsp3) is 0.312. The highest BCUT2D eigenvalue weighted by atomic mass is 35.5. The van der Waals surface area contributed by atoms with Gasteiger partial charge in [0.2, 0.25) is 5.88 Å². The number of aliphatic imine (C=N–C) groups is 1. The van der Waals surface area contributed by atoms with Crippen molar-refractivity contribution in [1.82, 2.24) is 10.5 Å². The van der Waals surface area contributed by atoms with Crippen molar-refractivity contribution in [1.29, 1.82) is 0 Å². The first-order chi connectivity index (χ1) is 12.1. The Hall–Kier alpha value is -2.42. The van der Waals surface area contributed by atoms with Crippen molar-refractivity contribution >= 4 is 35.4 Å². The number of nitrogens with zero attached hydrogens (tertiary/aromatic N) is 2. The molecular weight excluding hydrogens is 346 g/mol. The van der Waals surface area contributed by atoms with Crippen molar-refractivity contribution < 1.29 is 14.4 Å². The van der Waals surface area contributed by atoms with Crippen LogP contribution in [0.2, 0.25) is 5.02 Å². The Bertz CT molecular complexity index is 715. The third kappa shape index (κ3) is 5.86. The van der Waals surface area contributed by atoms with Crippen molar-refractivity contribution in [2.45, 2.75) is 6.92 Å². The molecule has 0 aliphatic carbocycles. The molecule has 1 aromatic carbocycles. The molecule has 0 bridgehead atoms. The lowest BCUT2D eigenvalue weighted by Crippen LogP contribution is -2.21. The van der Waals surface area contributed by atoms with Crippen LogP contribution in [0, 0.1) is 6.92 Å². The number of hydrogen-bond donors (Lipinski definition) is 4. The number of aryl methyl sites for hydroxylation is 1. The maximum atomic E-state index is 12.4. The van der Waals surface area contributed by atoms with E-state index in [1.807, 2.05) is 0 Å². The Morgan fingerprint density at radius 1 is 1.36 bits per heavy atom. The van der Waals surface area contributed by atoms with Crippen LogP contribution in [0.15, 0.2) is 33.8 Å². The summed E-state index contributed by atoms with van der Waals surface area (Å²) in [6.07, 6.45) is 1.44. The summed E-state index contributed by atoms with van der Waals surface area (Å²) >= 11 is 5.83. The van der Waals surface area contributed by atoms with Crippen LogP contribution in [-0.4, -0.2) is 48.8 Å². The number of carbonyl (C=O) groups excluding carboxylic acids is 1. The Morgan fingerprint density at radius 2 is 2.12 bits per heavy atom. The normalized spacial score (nSPS) is 11.0. The minimum absolute atomic E-state index is 0.0887. The molecule has 4 N–H and O–H groups in total. The van der Waals surface area contributed by atoms with Crippen molar-refractivity contribution in [3.05, 3.63) is 40.5 Å². The molecule has 0 radical (unpaired) electrons. The molecule has 1 heterocycles. The van der Waals surface area contributed by atoms with Crippen LogP contribution in [-0.2, 0) is 0 Å². The lowest BCUT2D eigenvalue weighted by atomic mass is 10.2. The highest BCUT2D eigenvalue weighted by molar-refractivity contribution is 6.30. The highest BCUT2D eigenvalue weighted by Crippen LogP contribution is 2.21. The van der Waals surface area contributed by atoms with E-state index < -0.39 is 0 Å². The first-order valence-electron chi connectivity index (χ1n) is 7.71. The predicted octanol–water partition coefficient (Wildman–Crippen LogP) is 1.91. The number of aromatic nitrogens is 1. The van der Waals surface area contributed by atoms with Gasteiger partial charge in [0.25, 0.3) is 5.91 Å². The van der Waals surface area contributed by atoms with Crippen molar-refractivity contribution in [2.75, 3.05) is 36.9 Å². The summed E-state index contributed by atoms with van der Waals surface area (Å²) in [5.41, 5.74) is 1.39. The SMILES string of the molecule is Cc1noc(NC=NCCNCCO)c1C(=O)Nc1ccc(Cl)cc1. The van der Waals surface area contributed by atoms with E-state index in [0.29, 0.717) is 41.6 Å². The molecule has 2 rings (SSSR count). The molecule has 25 heavy (non-hydrogen) atoms. The minimum Gasteiger partial charge on any atom is -0.395 e. The number of amides is 1. The van der Waals surface area contributed by atoms with Crippen molar-refractivity contribution in [3.8, 4) is 0 Å². The van der Waals surface area contributed by atoms with Gasteiger partial charge >= 0.3 is 0 Å². The fourth-order valence-electron chi connectivity index (χ4n) is 1.98. The molecule has 0 aliphatic rings. The van der Waals surface area contributed by atoms with Gasteiger partial charge in [-0.3, -0.25) is 9.79 Å². The first-order valence-corrected chi connectivity index (χ1v) is 8.09. The molecule has 1 aromatic heterocycles. The molecule has 134 valence electrons. The van der Waals surface area contributed by atoms with Gasteiger partial charge in [0.15, 0.2) is 0 Å². The van der Waals surface area contributed by atoms with Crippen LogP contribution in [0.5, 0.6) is 0 Å². The molecule has 0 spiro atoms. The quantitative estimate of drug-likeness (QED) is 0.307. The molecule has 1 amide bonds. The van der Waals surface area contributed by atoms with Crippen LogP contribution < -0.4 is 16.0 Å². The third-order valence-corrected chi connectivity index (χ3v) is 3.44. The van der Waals surface area contributed by atoms with Crippen molar-refractivity contribution in [3.63, 3.8) is 0 Å². The summed E-state index contributed by atoms with van der Waals surface area (Å²) in [7, 11) is 0. The third-order valence-electron chi connectivity index (χ3n) is 3.19. The molecule has 0 unspecified atom stereocenters. The number of anilines is 2. The number of halogens is 1. The molecule has 0 saturated carbocycles. The van der Waals surface area contributed by atoms with Crippen LogP contribution in [0.1, 0.15) is 16.1 Å². The van der Waals surface area contributed by atoms with Gasteiger partial charge in [-0.1, -0.05) is 16.8 Å². The molecule has 0 fully saturated rings. The Morgan fingerprint density at radius 3 is 2.84 bits per heavy atom. The van der Waals surface area contributed by atoms with E-state index in [1.54, 1.807) is 31.2 Å². The van der Waals surface area contributed by atoms with Crippen LogP contribution in [0.4, 0.5) is 11.6 Å². The summed E-state index contributed by atoms with van der Waals surface area (Å²) in [4.78, 5) is 16.6. The molecule has 0 aliphatic heterocycles. The summed E-state index contributed by atoms with van der Waals surface area (Å²) in [5, 5.41) is 21.6. The number of carbonyl (C=O) groups is 1. The van der Waals surface area contributed by atoms with Crippen LogP contribution >= 0.6 is 11.6 Å². The van der Waals surface area contributed by atoms with E-state index in [-0.39, 0.29) is 18.4 Å². The molecule has 9 heteroatoms. The predicted molar refractivity (Wildman–Crippen MR) is 97.6 cm³/mol. The second-order valence-corrected chi connectivity index (χ2v) is 5.52. The summed E-state index contributed by atoms with van der Waals surface area (Å²) in [5.74, 6) is -0.127. The standard InChI is InChI=1S/C16H20ClN5O3/c1-11-14(15(24)21-13-4-2-12(17)3-5-13)16(25-22-11)20-10-19-7-6-18-8-9-23/h2-5,10,18,23H,6-9H2,1H3,(H,19,20)(H,21,24). The number of nitrogens with one attached hydrogen (secondary N) is 3. The van der Waals surface area contributed by atoms with E-state index in [4.69, 9.17) is 21.2 Å². The average Bonchev–Trinajstić information content (AvgIpc) is 2.97. The molecule has 0 atom stereocenters. The van der Waals surface area contributed by atoms with E-state index in [2.05, 4.69) is 26.1 Å². The summed E-state index contributed by atoms with van der Waals surface area (Å²) in [6.45, 7) is 3.45. The monoisotopic (exact) mass is 365 g/mol.